The molecule has 0 radical (unpaired) electrons. The van der Waals surface area contributed by atoms with Crippen molar-refractivity contribution in [3.05, 3.63) is 83.6 Å². The van der Waals surface area contributed by atoms with Crippen LogP contribution in [0.15, 0.2) is 70.5 Å². The highest BCUT2D eigenvalue weighted by molar-refractivity contribution is 7.98. The smallest absolute Gasteiger partial charge is 0.374 e. The molecule has 4 aromatic rings. The second-order valence-corrected chi connectivity index (χ2v) is 7.57. The topological polar surface area (TPSA) is 83.0 Å². The molecule has 0 atom stereocenters. The highest BCUT2D eigenvalue weighted by Crippen LogP contribution is 2.28. The molecule has 0 aliphatic heterocycles. The summed E-state index contributed by atoms with van der Waals surface area (Å²) < 4.78 is 12.5. The third-order valence-electron chi connectivity index (χ3n) is 4.50. The molecule has 0 N–H and O–H groups in total. The number of thioether (sulfide) groups is 1. The number of aryl methyl sites for hydroxylation is 1. The number of aromatic nitrogens is 4. The van der Waals surface area contributed by atoms with Gasteiger partial charge in [-0.2, -0.15) is 0 Å². The summed E-state index contributed by atoms with van der Waals surface area (Å²) in [5.41, 5.74) is 2.79. The Morgan fingerprint density at radius 3 is 2.73 bits per heavy atom. The Kier molecular flexibility index (Phi) is 5.94. The first-order valence-electron chi connectivity index (χ1n) is 9.33. The number of benzene rings is 1. The number of nitrogens with zero attached hydrogens (tertiary/aromatic N) is 4. The summed E-state index contributed by atoms with van der Waals surface area (Å²) >= 11 is 1.50. The van der Waals surface area contributed by atoms with Gasteiger partial charge in [0.15, 0.2) is 11.0 Å². The van der Waals surface area contributed by atoms with E-state index in [0.717, 1.165) is 27.7 Å². The van der Waals surface area contributed by atoms with Gasteiger partial charge in [-0.15, -0.1) is 10.2 Å². The van der Waals surface area contributed by atoms with E-state index in [9.17, 15) is 4.79 Å². The first kappa shape index (κ1) is 19.9. The largest absolute Gasteiger partial charge is 0.463 e. The zero-order chi connectivity index (χ0) is 20.9. The summed E-state index contributed by atoms with van der Waals surface area (Å²) in [4.78, 5) is 16.0. The van der Waals surface area contributed by atoms with Crippen molar-refractivity contribution in [2.45, 2.75) is 24.4 Å². The minimum Gasteiger partial charge on any atom is -0.463 e. The van der Waals surface area contributed by atoms with Crippen LogP contribution in [0.5, 0.6) is 0 Å². The maximum Gasteiger partial charge on any atom is 0.374 e. The Labute approximate surface area is 178 Å². The molecule has 0 fully saturated rings. The quantitative estimate of drug-likeness (QED) is 0.324. The maximum absolute atomic E-state index is 11.8. The van der Waals surface area contributed by atoms with Crippen molar-refractivity contribution in [1.82, 2.24) is 19.7 Å². The molecule has 0 unspecified atom stereocenters. The molecule has 0 aliphatic rings. The lowest BCUT2D eigenvalue weighted by molar-refractivity contribution is 0.0562. The number of hydrogen-bond acceptors (Lipinski definition) is 7. The Morgan fingerprint density at radius 1 is 1.17 bits per heavy atom. The van der Waals surface area contributed by atoms with Crippen LogP contribution in [-0.2, 0) is 17.0 Å². The van der Waals surface area contributed by atoms with Crippen LogP contribution in [0.25, 0.3) is 11.4 Å². The number of methoxy groups -OCH3 is 1. The van der Waals surface area contributed by atoms with Gasteiger partial charge in [-0.1, -0.05) is 42.1 Å². The van der Waals surface area contributed by atoms with Crippen LogP contribution in [0, 0.1) is 6.92 Å². The third-order valence-corrected chi connectivity index (χ3v) is 5.49. The van der Waals surface area contributed by atoms with Gasteiger partial charge in [0.2, 0.25) is 5.76 Å². The molecule has 0 saturated heterocycles. The predicted octanol–water partition coefficient (Wildman–Crippen LogP) is 4.37. The average molecular weight is 420 g/mol. The van der Waals surface area contributed by atoms with Crippen molar-refractivity contribution in [2.75, 3.05) is 7.11 Å². The fourth-order valence-corrected chi connectivity index (χ4v) is 3.88. The number of carbonyl (C=O) groups is 1. The van der Waals surface area contributed by atoms with Crippen LogP contribution < -0.4 is 0 Å². The van der Waals surface area contributed by atoms with Crippen molar-refractivity contribution in [3.63, 3.8) is 0 Å². The first-order valence-corrected chi connectivity index (χ1v) is 10.3. The summed E-state index contributed by atoms with van der Waals surface area (Å²) in [7, 11) is 1.34. The minimum absolute atomic E-state index is 0.231. The fraction of sp³-hybridized carbons (Fsp3) is 0.182. The fourth-order valence-electron chi connectivity index (χ4n) is 3.06. The van der Waals surface area contributed by atoms with Crippen LogP contribution in [0.4, 0.5) is 0 Å². The monoisotopic (exact) mass is 420 g/mol. The van der Waals surface area contributed by atoms with Crippen LogP contribution in [0.3, 0.4) is 0 Å². The predicted molar refractivity (Wildman–Crippen MR) is 113 cm³/mol. The second-order valence-electron chi connectivity index (χ2n) is 6.62. The number of carbonyl (C=O) groups excluding carboxylic acids is 1. The van der Waals surface area contributed by atoms with Crippen molar-refractivity contribution in [2.24, 2.45) is 0 Å². The van der Waals surface area contributed by atoms with Crippen LogP contribution in [0.1, 0.15) is 27.4 Å². The van der Waals surface area contributed by atoms with E-state index in [1.54, 1.807) is 12.4 Å². The molecule has 0 aliphatic carbocycles. The van der Waals surface area contributed by atoms with Gasteiger partial charge in [0.05, 0.1) is 19.4 Å². The van der Waals surface area contributed by atoms with Gasteiger partial charge < -0.3 is 9.15 Å². The average Bonchev–Trinajstić information content (AvgIpc) is 3.36. The molecule has 0 saturated carbocycles. The zero-order valence-electron chi connectivity index (χ0n) is 16.6. The van der Waals surface area contributed by atoms with Crippen molar-refractivity contribution in [1.29, 1.82) is 0 Å². The number of furan rings is 1. The van der Waals surface area contributed by atoms with Crippen LogP contribution >= 0.6 is 11.8 Å². The number of esters is 1. The van der Waals surface area contributed by atoms with E-state index in [0.29, 0.717) is 18.1 Å². The summed E-state index contributed by atoms with van der Waals surface area (Å²) in [5.74, 6) is 1.69. The van der Waals surface area contributed by atoms with Crippen molar-refractivity contribution >= 4 is 17.7 Å². The standard InChI is InChI=1S/C22H20N4O3S/c1-15-11-18(29-19(15)21(27)28-2)14-30-22-25-24-20(17-9-6-10-23-12-17)26(22)13-16-7-4-3-5-8-16/h3-12H,13-14H2,1-2H3. The van der Waals surface area contributed by atoms with E-state index < -0.39 is 5.97 Å². The summed E-state index contributed by atoms with van der Waals surface area (Å²) in [5, 5.41) is 9.56. The molecule has 3 aromatic heterocycles. The summed E-state index contributed by atoms with van der Waals surface area (Å²) in [6, 6.07) is 15.8. The first-order chi connectivity index (χ1) is 14.7. The van der Waals surface area contributed by atoms with Gasteiger partial charge in [0.25, 0.3) is 0 Å². The molecule has 3 heterocycles. The summed E-state index contributed by atoms with van der Waals surface area (Å²) in [6.45, 7) is 2.45. The van der Waals surface area contributed by atoms with Gasteiger partial charge in [0.1, 0.15) is 5.76 Å². The molecule has 7 nitrogen and oxygen atoms in total. The highest BCUT2D eigenvalue weighted by atomic mass is 32.2. The number of rotatable bonds is 7. The van der Waals surface area contributed by atoms with E-state index in [-0.39, 0.29) is 5.76 Å². The molecule has 4 rings (SSSR count). The van der Waals surface area contributed by atoms with Crippen molar-refractivity contribution < 1.29 is 13.9 Å². The number of pyridine rings is 1. The second kappa shape index (κ2) is 8.96. The molecule has 0 amide bonds. The lowest BCUT2D eigenvalue weighted by Gasteiger charge is -2.10. The lowest BCUT2D eigenvalue weighted by atomic mass is 10.2. The Bertz CT molecular complexity index is 1140. The molecular formula is C22H20N4O3S. The Hall–Kier alpha value is -3.39. The van der Waals surface area contributed by atoms with Gasteiger partial charge in [-0.25, -0.2) is 4.79 Å². The van der Waals surface area contributed by atoms with Gasteiger partial charge in [-0.05, 0) is 30.7 Å². The molecule has 1 aromatic carbocycles. The van der Waals surface area contributed by atoms with E-state index in [2.05, 4.69) is 31.9 Å². The summed E-state index contributed by atoms with van der Waals surface area (Å²) in [6.07, 6.45) is 3.51. The molecule has 0 spiro atoms. The van der Waals surface area contributed by atoms with Gasteiger partial charge >= 0.3 is 5.97 Å². The van der Waals surface area contributed by atoms with Crippen molar-refractivity contribution in [3.8, 4) is 11.4 Å². The molecule has 0 bridgehead atoms. The number of hydrogen-bond donors (Lipinski definition) is 0. The minimum atomic E-state index is -0.477. The SMILES string of the molecule is COC(=O)c1oc(CSc2nnc(-c3cccnc3)n2Cc2ccccc2)cc1C. The van der Waals surface area contributed by atoms with E-state index in [1.165, 1.54) is 18.9 Å². The lowest BCUT2D eigenvalue weighted by Crippen LogP contribution is -2.04. The van der Waals surface area contributed by atoms with E-state index in [4.69, 9.17) is 9.15 Å². The Morgan fingerprint density at radius 2 is 2.00 bits per heavy atom. The van der Waals surface area contributed by atoms with E-state index >= 15 is 0 Å². The Balaban J connectivity index is 1.61. The highest BCUT2D eigenvalue weighted by Gasteiger charge is 2.19. The third kappa shape index (κ3) is 4.28. The van der Waals surface area contributed by atoms with Crippen LogP contribution in [0.2, 0.25) is 0 Å². The maximum atomic E-state index is 11.8. The van der Waals surface area contributed by atoms with Gasteiger partial charge in [0, 0.05) is 23.5 Å². The number of ether oxygens (including phenoxy) is 1. The molecule has 152 valence electrons. The molecule has 30 heavy (non-hydrogen) atoms. The normalized spacial score (nSPS) is 10.9. The van der Waals surface area contributed by atoms with E-state index in [1.807, 2.05) is 43.3 Å². The molecule has 8 heteroatoms. The molecular weight excluding hydrogens is 400 g/mol. The van der Waals surface area contributed by atoms with Gasteiger partial charge in [-0.3, -0.25) is 9.55 Å². The van der Waals surface area contributed by atoms with Crippen LogP contribution in [-0.4, -0.2) is 32.8 Å². The zero-order valence-corrected chi connectivity index (χ0v) is 17.4.